The molecule has 1 heterocycles. The van der Waals surface area contributed by atoms with Crippen LogP contribution in [0.5, 0.6) is 0 Å². The Bertz CT molecular complexity index is 215. The summed E-state index contributed by atoms with van der Waals surface area (Å²) in [6.45, 7) is 0.522. The Labute approximate surface area is 88.6 Å². The van der Waals surface area contributed by atoms with Gasteiger partial charge in [0.15, 0.2) is 0 Å². The Morgan fingerprint density at radius 3 is 2.53 bits per heavy atom. The second kappa shape index (κ2) is 4.34. The van der Waals surface area contributed by atoms with Crippen molar-refractivity contribution in [3.8, 4) is 0 Å². The van der Waals surface area contributed by atoms with Crippen LogP contribution in [0.1, 0.15) is 38.5 Å². The summed E-state index contributed by atoms with van der Waals surface area (Å²) in [5.41, 5.74) is -0.182. The SMILES string of the molecule is OC(C(F)F)C1CCOC2(CCCC2)C1. The zero-order chi connectivity index (χ0) is 10.9. The Balaban J connectivity index is 1.97. The first-order valence-corrected chi connectivity index (χ1v) is 5.73. The maximum atomic E-state index is 12.4. The third kappa shape index (κ3) is 2.31. The first-order chi connectivity index (χ1) is 7.13. The molecule has 2 unspecified atom stereocenters. The van der Waals surface area contributed by atoms with E-state index >= 15 is 0 Å². The van der Waals surface area contributed by atoms with Gasteiger partial charge in [-0.15, -0.1) is 0 Å². The van der Waals surface area contributed by atoms with Crippen molar-refractivity contribution < 1.29 is 18.6 Å². The van der Waals surface area contributed by atoms with E-state index in [9.17, 15) is 13.9 Å². The summed E-state index contributed by atoms with van der Waals surface area (Å²) in [4.78, 5) is 0. The average molecular weight is 220 g/mol. The minimum absolute atomic E-state index is 0.182. The van der Waals surface area contributed by atoms with Crippen LogP contribution in [-0.4, -0.2) is 29.8 Å². The fourth-order valence-corrected chi connectivity index (χ4v) is 2.93. The Morgan fingerprint density at radius 1 is 1.27 bits per heavy atom. The minimum atomic E-state index is -2.62. The second-order valence-electron chi connectivity index (χ2n) is 4.82. The summed E-state index contributed by atoms with van der Waals surface area (Å²) < 4.78 is 30.5. The van der Waals surface area contributed by atoms with Crippen LogP contribution in [0.4, 0.5) is 8.78 Å². The number of halogens is 2. The van der Waals surface area contributed by atoms with Crippen LogP contribution in [-0.2, 0) is 4.74 Å². The van der Waals surface area contributed by atoms with Crippen LogP contribution < -0.4 is 0 Å². The lowest BCUT2D eigenvalue weighted by Crippen LogP contribution is -2.43. The first kappa shape index (κ1) is 11.3. The summed E-state index contributed by atoms with van der Waals surface area (Å²) in [6, 6.07) is 0. The highest BCUT2D eigenvalue weighted by atomic mass is 19.3. The molecule has 1 saturated heterocycles. The molecule has 0 amide bonds. The van der Waals surface area contributed by atoms with E-state index in [1.807, 2.05) is 0 Å². The first-order valence-electron chi connectivity index (χ1n) is 5.73. The van der Waals surface area contributed by atoms with Crippen molar-refractivity contribution in [1.82, 2.24) is 0 Å². The molecule has 1 spiro atoms. The smallest absolute Gasteiger partial charge is 0.264 e. The molecule has 4 heteroatoms. The molecule has 2 aliphatic rings. The molecule has 0 aromatic heterocycles. The lowest BCUT2D eigenvalue weighted by atomic mass is 9.82. The predicted molar refractivity (Wildman–Crippen MR) is 51.9 cm³/mol. The van der Waals surface area contributed by atoms with E-state index < -0.39 is 12.5 Å². The highest BCUT2D eigenvalue weighted by Crippen LogP contribution is 2.43. The van der Waals surface area contributed by atoms with Gasteiger partial charge in [-0.25, -0.2) is 8.78 Å². The summed E-state index contributed by atoms with van der Waals surface area (Å²) in [6.07, 6.45) is 1.28. The van der Waals surface area contributed by atoms with E-state index in [0.717, 1.165) is 25.7 Å². The van der Waals surface area contributed by atoms with Gasteiger partial charge in [0.25, 0.3) is 6.43 Å². The molecule has 15 heavy (non-hydrogen) atoms. The molecular formula is C11H18F2O2. The van der Waals surface area contributed by atoms with Gasteiger partial charge < -0.3 is 9.84 Å². The van der Waals surface area contributed by atoms with E-state index in [1.165, 1.54) is 0 Å². The highest BCUT2D eigenvalue weighted by Gasteiger charge is 2.43. The maximum absolute atomic E-state index is 12.4. The number of alkyl halides is 2. The largest absolute Gasteiger partial charge is 0.387 e. The van der Waals surface area contributed by atoms with E-state index in [4.69, 9.17) is 4.74 Å². The third-order valence-electron chi connectivity index (χ3n) is 3.79. The molecular weight excluding hydrogens is 202 g/mol. The second-order valence-corrected chi connectivity index (χ2v) is 4.82. The Kier molecular flexibility index (Phi) is 3.26. The van der Waals surface area contributed by atoms with Crippen molar-refractivity contribution in [2.75, 3.05) is 6.61 Å². The summed E-state index contributed by atoms with van der Waals surface area (Å²) in [7, 11) is 0. The maximum Gasteiger partial charge on any atom is 0.264 e. The molecule has 1 aliphatic carbocycles. The van der Waals surface area contributed by atoms with Gasteiger partial charge in [-0.05, 0) is 31.6 Å². The van der Waals surface area contributed by atoms with Crippen LogP contribution in [0.15, 0.2) is 0 Å². The van der Waals surface area contributed by atoms with Crippen LogP contribution in [0.25, 0.3) is 0 Å². The van der Waals surface area contributed by atoms with Gasteiger partial charge in [0.1, 0.15) is 6.10 Å². The summed E-state index contributed by atoms with van der Waals surface area (Å²) in [5, 5.41) is 9.39. The number of ether oxygens (including phenoxy) is 1. The quantitative estimate of drug-likeness (QED) is 0.774. The van der Waals surface area contributed by atoms with Crippen molar-refractivity contribution >= 4 is 0 Å². The average Bonchev–Trinajstić information content (AvgIpc) is 2.65. The Hall–Kier alpha value is -0.220. The van der Waals surface area contributed by atoms with Crippen molar-refractivity contribution in [2.24, 2.45) is 5.92 Å². The molecule has 2 fully saturated rings. The monoisotopic (exact) mass is 220 g/mol. The molecule has 0 bridgehead atoms. The zero-order valence-electron chi connectivity index (χ0n) is 8.79. The van der Waals surface area contributed by atoms with E-state index in [-0.39, 0.29) is 11.5 Å². The van der Waals surface area contributed by atoms with Gasteiger partial charge in [-0.1, -0.05) is 12.8 Å². The summed E-state index contributed by atoms with van der Waals surface area (Å²) in [5.74, 6) is -0.281. The fourth-order valence-electron chi connectivity index (χ4n) is 2.93. The van der Waals surface area contributed by atoms with Crippen LogP contribution in [0.2, 0.25) is 0 Å². The third-order valence-corrected chi connectivity index (χ3v) is 3.79. The highest BCUT2D eigenvalue weighted by molar-refractivity contribution is 4.93. The molecule has 2 rings (SSSR count). The number of aliphatic hydroxyl groups is 1. The normalized spacial score (nSPS) is 32.4. The van der Waals surface area contributed by atoms with Gasteiger partial charge >= 0.3 is 0 Å². The van der Waals surface area contributed by atoms with E-state index in [1.54, 1.807) is 0 Å². The molecule has 1 saturated carbocycles. The molecule has 2 atom stereocenters. The van der Waals surface area contributed by atoms with Gasteiger partial charge in [-0.2, -0.15) is 0 Å². The molecule has 0 aromatic carbocycles. The molecule has 1 N–H and O–H groups in total. The molecule has 2 nitrogen and oxygen atoms in total. The molecule has 1 aliphatic heterocycles. The standard InChI is InChI=1S/C11H18F2O2/c12-10(13)9(14)8-3-6-15-11(7-8)4-1-2-5-11/h8-10,14H,1-7H2. The number of hydrogen-bond acceptors (Lipinski definition) is 2. The van der Waals surface area contributed by atoms with E-state index in [2.05, 4.69) is 0 Å². The van der Waals surface area contributed by atoms with Crippen molar-refractivity contribution in [3.05, 3.63) is 0 Å². The van der Waals surface area contributed by atoms with Gasteiger partial charge in [0, 0.05) is 6.61 Å². The lowest BCUT2D eigenvalue weighted by molar-refractivity contribution is -0.134. The number of aliphatic hydroxyl groups excluding tert-OH is 1. The van der Waals surface area contributed by atoms with E-state index in [0.29, 0.717) is 19.4 Å². The van der Waals surface area contributed by atoms with Crippen LogP contribution >= 0.6 is 0 Å². The lowest BCUT2D eigenvalue weighted by Gasteiger charge is -2.39. The van der Waals surface area contributed by atoms with Crippen LogP contribution in [0, 0.1) is 5.92 Å². The van der Waals surface area contributed by atoms with Crippen molar-refractivity contribution in [2.45, 2.75) is 56.7 Å². The van der Waals surface area contributed by atoms with Crippen molar-refractivity contribution in [1.29, 1.82) is 0 Å². The molecule has 0 aromatic rings. The topological polar surface area (TPSA) is 29.5 Å². The van der Waals surface area contributed by atoms with Crippen LogP contribution in [0.3, 0.4) is 0 Å². The summed E-state index contributed by atoms with van der Waals surface area (Å²) >= 11 is 0. The Morgan fingerprint density at radius 2 is 1.93 bits per heavy atom. The zero-order valence-corrected chi connectivity index (χ0v) is 8.79. The van der Waals surface area contributed by atoms with Gasteiger partial charge in [0.05, 0.1) is 5.60 Å². The minimum Gasteiger partial charge on any atom is -0.387 e. The number of rotatable bonds is 2. The predicted octanol–water partition coefficient (Wildman–Crippen LogP) is 2.35. The van der Waals surface area contributed by atoms with Gasteiger partial charge in [-0.3, -0.25) is 0 Å². The number of hydrogen-bond donors (Lipinski definition) is 1. The van der Waals surface area contributed by atoms with Crippen molar-refractivity contribution in [3.63, 3.8) is 0 Å². The fraction of sp³-hybridized carbons (Fsp3) is 1.00. The van der Waals surface area contributed by atoms with Gasteiger partial charge in [0.2, 0.25) is 0 Å². The molecule has 0 radical (unpaired) electrons. The molecule has 88 valence electrons.